The molecule has 3 amide bonds. The molecule has 2 aliphatic heterocycles. The van der Waals surface area contributed by atoms with Crippen LogP contribution in [-0.2, 0) is 10.3 Å². The third-order valence-corrected chi connectivity index (χ3v) is 10.2. The summed E-state index contributed by atoms with van der Waals surface area (Å²) >= 11 is 5.65. The summed E-state index contributed by atoms with van der Waals surface area (Å²) in [6.07, 6.45) is 0. The SMILES string of the molecule is COc1cccc2c1N(C(=O)CN1C(=O)c3cccc4cccc(c34)C1=O)C(C)(C)c1ssc(=S)c1-2. The average molecular weight is 533 g/mol. The lowest BCUT2D eigenvalue weighted by Crippen LogP contribution is -2.53. The third kappa shape index (κ3) is 3.06. The molecular weight excluding hydrogens is 513 g/mol. The van der Waals surface area contributed by atoms with Crippen LogP contribution in [0.3, 0.4) is 0 Å². The normalized spacial score (nSPS) is 15.6. The fraction of sp³-hybridized carbons (Fsp3) is 0.185. The Morgan fingerprint density at radius 3 is 2.19 bits per heavy atom. The molecule has 3 heterocycles. The number of carbonyl (C=O) groups excluding carboxylic acids is 3. The summed E-state index contributed by atoms with van der Waals surface area (Å²) in [4.78, 5) is 44.7. The lowest BCUT2D eigenvalue weighted by Gasteiger charge is -2.44. The molecule has 0 spiro atoms. The topological polar surface area (TPSA) is 66.9 Å². The number of carbonyl (C=O) groups is 3. The number of hydrogen-bond donors (Lipinski definition) is 0. The molecule has 2 aliphatic rings. The highest BCUT2D eigenvalue weighted by Crippen LogP contribution is 2.54. The molecule has 1 aromatic heterocycles. The molecule has 0 bridgehead atoms. The van der Waals surface area contributed by atoms with Gasteiger partial charge in [0.15, 0.2) is 0 Å². The summed E-state index contributed by atoms with van der Waals surface area (Å²) < 4.78 is 6.43. The number of amides is 3. The third-order valence-electron chi connectivity index (χ3n) is 6.86. The van der Waals surface area contributed by atoms with Crippen molar-refractivity contribution in [1.82, 2.24) is 4.90 Å². The highest BCUT2D eigenvalue weighted by atomic mass is 32.9. The quantitative estimate of drug-likeness (QED) is 0.177. The van der Waals surface area contributed by atoms with Crippen molar-refractivity contribution in [3.05, 3.63) is 74.4 Å². The Balaban J connectivity index is 1.47. The number of imide groups is 1. The highest BCUT2D eigenvalue weighted by molar-refractivity contribution is 7.80. The van der Waals surface area contributed by atoms with Gasteiger partial charge in [-0.15, -0.1) is 0 Å². The number of hydrogen-bond acceptors (Lipinski definition) is 7. The van der Waals surface area contributed by atoms with Crippen LogP contribution in [-0.4, -0.2) is 36.3 Å². The van der Waals surface area contributed by atoms with Gasteiger partial charge in [0.25, 0.3) is 11.8 Å². The second kappa shape index (κ2) is 8.06. The van der Waals surface area contributed by atoms with Crippen molar-refractivity contribution in [2.24, 2.45) is 0 Å². The van der Waals surface area contributed by atoms with E-state index in [2.05, 4.69) is 0 Å². The zero-order chi connectivity index (χ0) is 25.4. The van der Waals surface area contributed by atoms with Gasteiger partial charge in [0, 0.05) is 27.6 Å². The number of anilines is 1. The minimum Gasteiger partial charge on any atom is -0.495 e. The number of ether oxygens (including phenoxy) is 1. The van der Waals surface area contributed by atoms with Crippen molar-refractivity contribution in [2.75, 3.05) is 18.6 Å². The number of para-hydroxylation sites is 1. The van der Waals surface area contributed by atoms with Crippen LogP contribution < -0.4 is 9.64 Å². The Labute approximate surface area is 219 Å². The molecule has 0 fully saturated rings. The van der Waals surface area contributed by atoms with Crippen molar-refractivity contribution in [3.8, 4) is 16.9 Å². The van der Waals surface area contributed by atoms with Crippen LogP contribution in [0.4, 0.5) is 5.69 Å². The zero-order valence-electron chi connectivity index (χ0n) is 19.7. The largest absolute Gasteiger partial charge is 0.495 e. The van der Waals surface area contributed by atoms with Crippen LogP contribution in [0.25, 0.3) is 21.9 Å². The van der Waals surface area contributed by atoms with Gasteiger partial charge in [0.2, 0.25) is 5.91 Å². The molecule has 0 saturated heterocycles. The van der Waals surface area contributed by atoms with Crippen molar-refractivity contribution in [1.29, 1.82) is 0 Å². The fourth-order valence-corrected chi connectivity index (χ4v) is 8.54. The second-order valence-corrected chi connectivity index (χ2v) is 12.0. The minimum atomic E-state index is -0.772. The minimum absolute atomic E-state index is 0.381. The zero-order valence-corrected chi connectivity index (χ0v) is 22.1. The van der Waals surface area contributed by atoms with E-state index >= 15 is 0 Å². The van der Waals surface area contributed by atoms with E-state index in [1.807, 2.05) is 38.1 Å². The van der Waals surface area contributed by atoms with Crippen LogP contribution in [0.1, 0.15) is 39.4 Å². The first kappa shape index (κ1) is 23.0. The smallest absolute Gasteiger partial charge is 0.261 e. The average Bonchev–Trinajstić information content (AvgIpc) is 3.27. The summed E-state index contributed by atoms with van der Waals surface area (Å²) in [6, 6.07) is 16.3. The second-order valence-electron chi connectivity index (χ2n) is 9.21. The van der Waals surface area contributed by atoms with Crippen LogP contribution in [0.2, 0.25) is 0 Å². The molecule has 3 aromatic carbocycles. The number of rotatable bonds is 3. The van der Waals surface area contributed by atoms with Gasteiger partial charge in [0.05, 0.1) is 23.2 Å². The Bertz CT molecular complexity index is 1630. The van der Waals surface area contributed by atoms with Crippen molar-refractivity contribution in [2.45, 2.75) is 19.4 Å². The van der Waals surface area contributed by atoms with Crippen molar-refractivity contribution in [3.63, 3.8) is 0 Å². The standard InChI is InChI=1S/C27H20N2O4S3/c1-27(2)23-21(26(34)36-35-23)15-9-6-12-18(33-3)22(15)29(27)19(30)13-28-24(31)16-10-4-7-14-8-5-11-17(20(14)16)25(28)32/h4-12H,13H2,1-3H3. The van der Waals surface area contributed by atoms with E-state index in [1.165, 1.54) is 10.3 Å². The molecule has 9 heteroatoms. The maximum atomic E-state index is 14.1. The number of benzene rings is 3. The molecular formula is C27H20N2O4S3. The number of fused-ring (bicyclic) bond motifs is 3. The van der Waals surface area contributed by atoms with Crippen LogP contribution >= 0.6 is 32.9 Å². The summed E-state index contributed by atoms with van der Waals surface area (Å²) in [7, 11) is 4.60. The van der Waals surface area contributed by atoms with Gasteiger partial charge in [-0.3, -0.25) is 24.2 Å². The van der Waals surface area contributed by atoms with Gasteiger partial charge in [-0.25, -0.2) is 0 Å². The molecule has 6 rings (SSSR count). The van der Waals surface area contributed by atoms with E-state index in [0.717, 1.165) is 30.1 Å². The Hall–Kier alpha value is -3.40. The van der Waals surface area contributed by atoms with Gasteiger partial charge in [0.1, 0.15) is 16.1 Å². The summed E-state index contributed by atoms with van der Waals surface area (Å²) in [5, 5.41) is 1.45. The lowest BCUT2D eigenvalue weighted by atomic mass is 9.87. The van der Waals surface area contributed by atoms with Crippen LogP contribution in [0.5, 0.6) is 5.75 Å². The molecule has 0 aliphatic carbocycles. The van der Waals surface area contributed by atoms with E-state index in [1.54, 1.807) is 52.7 Å². The van der Waals surface area contributed by atoms with Gasteiger partial charge < -0.3 is 4.74 Å². The summed E-state index contributed by atoms with van der Waals surface area (Å²) in [6.45, 7) is 3.51. The molecule has 0 radical (unpaired) electrons. The molecule has 0 atom stereocenters. The number of methoxy groups -OCH3 is 1. The molecule has 180 valence electrons. The maximum Gasteiger partial charge on any atom is 0.261 e. The first-order valence-electron chi connectivity index (χ1n) is 11.3. The first-order chi connectivity index (χ1) is 17.3. The highest BCUT2D eigenvalue weighted by Gasteiger charge is 2.46. The van der Waals surface area contributed by atoms with Gasteiger partial charge >= 0.3 is 0 Å². The fourth-order valence-electron chi connectivity index (χ4n) is 5.26. The van der Waals surface area contributed by atoms with Gasteiger partial charge in [-0.1, -0.05) is 69.3 Å². The van der Waals surface area contributed by atoms with Crippen molar-refractivity contribution < 1.29 is 19.1 Å². The predicted octanol–water partition coefficient (Wildman–Crippen LogP) is 6.25. The van der Waals surface area contributed by atoms with Gasteiger partial charge in [-0.2, -0.15) is 0 Å². The summed E-state index contributed by atoms with van der Waals surface area (Å²) in [5.41, 5.74) is 2.42. The Morgan fingerprint density at radius 1 is 0.944 bits per heavy atom. The van der Waals surface area contributed by atoms with E-state index < -0.39 is 23.9 Å². The monoisotopic (exact) mass is 532 g/mol. The predicted molar refractivity (Wildman–Crippen MR) is 145 cm³/mol. The van der Waals surface area contributed by atoms with E-state index in [-0.39, 0.29) is 5.91 Å². The molecule has 0 N–H and O–H groups in total. The van der Waals surface area contributed by atoms with Gasteiger partial charge in [-0.05, 0) is 37.4 Å². The van der Waals surface area contributed by atoms with Crippen molar-refractivity contribution >= 4 is 67.1 Å². The lowest BCUT2D eigenvalue weighted by molar-refractivity contribution is -0.120. The van der Waals surface area contributed by atoms with E-state index in [4.69, 9.17) is 17.0 Å². The number of nitrogens with zero attached hydrogens (tertiary/aromatic N) is 2. The van der Waals surface area contributed by atoms with E-state index in [9.17, 15) is 14.4 Å². The Kier molecular flexibility index (Phi) is 5.15. The maximum absolute atomic E-state index is 14.1. The summed E-state index contributed by atoms with van der Waals surface area (Å²) in [5.74, 6) is -0.801. The Morgan fingerprint density at radius 2 is 1.56 bits per heavy atom. The molecule has 6 nitrogen and oxygen atoms in total. The molecule has 36 heavy (non-hydrogen) atoms. The molecule has 4 aromatic rings. The first-order valence-corrected chi connectivity index (χ1v) is 13.8. The molecule has 0 unspecified atom stereocenters. The molecule has 0 saturated carbocycles. The van der Waals surface area contributed by atoms with Crippen LogP contribution in [0.15, 0.2) is 54.6 Å². The van der Waals surface area contributed by atoms with Crippen LogP contribution in [0, 0.1) is 3.82 Å². The van der Waals surface area contributed by atoms with E-state index in [0.29, 0.717) is 28.0 Å².